The Balaban J connectivity index is 4.39. The first-order valence-electron chi connectivity index (χ1n) is 25.6. The van der Waals surface area contributed by atoms with Gasteiger partial charge in [0.15, 0.2) is 0 Å². The lowest BCUT2D eigenvalue weighted by molar-refractivity contribution is 0.234. The van der Waals surface area contributed by atoms with Gasteiger partial charge in [0.25, 0.3) is 0 Å². The number of rotatable bonds is 48. The van der Waals surface area contributed by atoms with Gasteiger partial charge in [-0.15, -0.1) is 0 Å². The normalized spacial score (nSPS) is 12.0. The lowest BCUT2D eigenvalue weighted by atomic mass is 10.1. The third-order valence-electron chi connectivity index (χ3n) is 11.6. The van der Waals surface area contributed by atoms with E-state index in [9.17, 15) is 5.11 Å². The Morgan fingerprint density at radius 1 is 0.304 bits per heavy atom. The van der Waals surface area contributed by atoms with Crippen molar-refractivity contribution in [1.82, 2.24) is 14.9 Å². The van der Waals surface area contributed by atoms with Gasteiger partial charge in [-0.25, -0.2) is 0 Å². The molecule has 0 atom stereocenters. The van der Waals surface area contributed by atoms with Gasteiger partial charge in [-0.1, -0.05) is 182 Å². The first-order valence-corrected chi connectivity index (χ1v) is 25.6. The van der Waals surface area contributed by atoms with Gasteiger partial charge in [-0.05, 0) is 96.7 Å². The molecule has 0 aromatic carbocycles. The van der Waals surface area contributed by atoms with E-state index in [1.807, 2.05) is 0 Å². The van der Waals surface area contributed by atoms with Crippen LogP contribution in [0.4, 0.5) is 0 Å². The van der Waals surface area contributed by atoms with Crippen molar-refractivity contribution in [3.05, 3.63) is 0 Å². The second kappa shape index (κ2) is 48.2. The Kier molecular flexibility index (Phi) is 47.2. The van der Waals surface area contributed by atoms with Crippen molar-refractivity contribution in [2.24, 2.45) is 10.2 Å². The van der Waals surface area contributed by atoms with E-state index in [1.54, 1.807) is 0 Å². The SMILES string of the molecule is CCCCCCCCN(CCCCCCCC)/N=C/CCCCCCN(CCCCO)CCCCCC/C=N/N(CCCCCCCC)CCCCCCCC. The highest BCUT2D eigenvalue weighted by Gasteiger charge is 2.06. The summed E-state index contributed by atoms with van der Waals surface area (Å²) in [5.74, 6) is 0. The third-order valence-corrected chi connectivity index (χ3v) is 11.6. The van der Waals surface area contributed by atoms with Crippen LogP contribution >= 0.6 is 0 Å². The molecule has 0 aromatic heterocycles. The van der Waals surface area contributed by atoms with Crippen LogP contribution in [0, 0.1) is 0 Å². The maximum Gasteiger partial charge on any atom is 0.0431 e. The fourth-order valence-electron chi connectivity index (χ4n) is 7.73. The molecule has 0 aliphatic heterocycles. The lowest BCUT2D eigenvalue weighted by Gasteiger charge is -2.22. The summed E-state index contributed by atoms with van der Waals surface area (Å²) in [4.78, 5) is 2.68. The van der Waals surface area contributed by atoms with E-state index in [-0.39, 0.29) is 0 Å². The van der Waals surface area contributed by atoms with Crippen molar-refractivity contribution in [3.8, 4) is 0 Å². The Morgan fingerprint density at radius 3 is 0.857 bits per heavy atom. The Hall–Kier alpha value is -1.14. The predicted molar refractivity (Wildman–Crippen MR) is 253 cm³/mol. The van der Waals surface area contributed by atoms with Crippen LogP contribution in [0.15, 0.2) is 10.2 Å². The molecule has 0 saturated heterocycles. The van der Waals surface area contributed by atoms with Crippen molar-refractivity contribution >= 4 is 12.4 Å². The summed E-state index contributed by atoms with van der Waals surface area (Å²) >= 11 is 0. The first kappa shape index (κ1) is 54.9. The smallest absolute Gasteiger partial charge is 0.0431 e. The number of hydrazone groups is 2. The van der Waals surface area contributed by atoms with Gasteiger partial charge in [0, 0.05) is 45.2 Å². The summed E-state index contributed by atoms with van der Waals surface area (Å²) in [6, 6.07) is 0. The van der Waals surface area contributed by atoms with Gasteiger partial charge in [-0.2, -0.15) is 10.2 Å². The second-order valence-corrected chi connectivity index (χ2v) is 17.3. The van der Waals surface area contributed by atoms with Crippen LogP contribution in [-0.2, 0) is 0 Å². The largest absolute Gasteiger partial charge is 0.396 e. The standard InChI is InChI=1S/C50H103N5O/c1-5-9-13-17-27-35-46-54(47-36-28-18-14-10-6-2)51-41-31-23-21-25-33-43-53(45-39-40-50-56)44-34-26-22-24-32-42-52-55(48-37-29-19-15-11-7-3)49-38-30-20-16-12-8-4/h41-42,56H,5-40,43-50H2,1-4H3/b51-41+,52-42+. The molecule has 0 amide bonds. The van der Waals surface area contributed by atoms with Gasteiger partial charge in [-0.3, -0.25) is 10.0 Å². The number of unbranched alkanes of at least 4 members (excludes halogenated alkanes) is 29. The molecule has 0 aromatic rings. The molecule has 0 fully saturated rings. The number of hydrogen-bond donors (Lipinski definition) is 1. The molecular weight excluding hydrogens is 687 g/mol. The van der Waals surface area contributed by atoms with Crippen LogP contribution in [0.25, 0.3) is 0 Å². The summed E-state index contributed by atoms with van der Waals surface area (Å²) in [5.41, 5.74) is 0. The lowest BCUT2D eigenvalue weighted by Crippen LogP contribution is -2.27. The van der Waals surface area contributed by atoms with Gasteiger partial charge in [0.05, 0.1) is 0 Å². The van der Waals surface area contributed by atoms with Crippen molar-refractivity contribution < 1.29 is 5.11 Å². The van der Waals surface area contributed by atoms with Crippen molar-refractivity contribution in [1.29, 1.82) is 0 Å². The van der Waals surface area contributed by atoms with Crippen LogP contribution in [0.3, 0.4) is 0 Å². The van der Waals surface area contributed by atoms with E-state index in [1.165, 1.54) is 219 Å². The highest BCUT2D eigenvalue weighted by molar-refractivity contribution is 5.56. The molecule has 334 valence electrons. The zero-order valence-electron chi connectivity index (χ0n) is 39.0. The van der Waals surface area contributed by atoms with Crippen LogP contribution in [-0.4, -0.2) is 84.9 Å². The van der Waals surface area contributed by atoms with Crippen molar-refractivity contribution in [2.45, 2.75) is 259 Å². The van der Waals surface area contributed by atoms with Gasteiger partial charge < -0.3 is 10.0 Å². The molecule has 0 saturated carbocycles. The molecule has 0 bridgehead atoms. The fraction of sp³-hybridized carbons (Fsp3) is 0.960. The minimum absolute atomic E-state index is 0.321. The summed E-state index contributed by atoms with van der Waals surface area (Å²) in [7, 11) is 0. The number of aliphatic hydroxyl groups excluding tert-OH is 1. The molecule has 56 heavy (non-hydrogen) atoms. The van der Waals surface area contributed by atoms with E-state index in [4.69, 9.17) is 10.2 Å². The molecule has 1 N–H and O–H groups in total. The van der Waals surface area contributed by atoms with Crippen LogP contribution < -0.4 is 0 Å². The minimum Gasteiger partial charge on any atom is -0.396 e. The molecular formula is C50H103N5O. The quantitative estimate of drug-likeness (QED) is 0.0379. The maximum absolute atomic E-state index is 9.36. The molecule has 0 radical (unpaired) electrons. The topological polar surface area (TPSA) is 54.7 Å². The summed E-state index contributed by atoms with van der Waals surface area (Å²) in [6.45, 7) is 17.6. The zero-order valence-corrected chi connectivity index (χ0v) is 39.0. The van der Waals surface area contributed by atoms with E-state index < -0.39 is 0 Å². The highest BCUT2D eigenvalue weighted by Crippen LogP contribution is 2.13. The van der Waals surface area contributed by atoms with Gasteiger partial charge in [0.1, 0.15) is 0 Å². The minimum atomic E-state index is 0.321. The average Bonchev–Trinajstić information content (AvgIpc) is 3.21. The van der Waals surface area contributed by atoms with E-state index >= 15 is 0 Å². The number of hydrogen-bond acceptors (Lipinski definition) is 6. The Labute approximate surface area is 352 Å². The second-order valence-electron chi connectivity index (χ2n) is 17.3. The predicted octanol–water partition coefficient (Wildman–Crippen LogP) is 15.0. The summed E-state index contributed by atoms with van der Waals surface area (Å²) < 4.78 is 0. The molecule has 0 heterocycles. The van der Waals surface area contributed by atoms with E-state index in [2.05, 4.69) is 55.0 Å². The molecule has 0 spiro atoms. The average molecular weight is 790 g/mol. The Bertz CT molecular complexity index is 687. The van der Waals surface area contributed by atoms with Gasteiger partial charge in [0.2, 0.25) is 0 Å². The van der Waals surface area contributed by atoms with Crippen molar-refractivity contribution in [3.63, 3.8) is 0 Å². The van der Waals surface area contributed by atoms with Crippen LogP contribution in [0.5, 0.6) is 0 Å². The molecule has 0 rings (SSSR count). The van der Waals surface area contributed by atoms with E-state index in [0.717, 1.165) is 58.4 Å². The number of aliphatic hydroxyl groups is 1. The first-order chi connectivity index (χ1) is 27.7. The maximum atomic E-state index is 9.36. The third kappa shape index (κ3) is 42.5. The molecule has 6 nitrogen and oxygen atoms in total. The summed E-state index contributed by atoms with van der Waals surface area (Å²) in [6.07, 6.45) is 51.6. The molecule has 0 aliphatic rings. The molecule has 0 aliphatic carbocycles. The van der Waals surface area contributed by atoms with Crippen molar-refractivity contribution in [2.75, 3.05) is 52.4 Å². The van der Waals surface area contributed by atoms with E-state index in [0.29, 0.717) is 6.61 Å². The Morgan fingerprint density at radius 2 is 0.554 bits per heavy atom. The zero-order chi connectivity index (χ0) is 40.7. The molecule has 6 heteroatoms. The number of nitrogens with zero attached hydrogens (tertiary/aromatic N) is 5. The fourth-order valence-corrected chi connectivity index (χ4v) is 7.73. The summed E-state index contributed by atoms with van der Waals surface area (Å²) in [5, 5.41) is 24.1. The van der Waals surface area contributed by atoms with Gasteiger partial charge >= 0.3 is 0 Å². The van der Waals surface area contributed by atoms with Crippen LogP contribution in [0.2, 0.25) is 0 Å². The monoisotopic (exact) mass is 790 g/mol. The van der Waals surface area contributed by atoms with Crippen LogP contribution in [0.1, 0.15) is 259 Å². The molecule has 0 unspecified atom stereocenters. The highest BCUT2D eigenvalue weighted by atomic mass is 16.2.